The van der Waals surface area contributed by atoms with Crippen molar-refractivity contribution in [3.8, 4) is 0 Å². The maximum Gasteiger partial charge on any atom is 0.123 e. The zero-order chi connectivity index (χ0) is 12.9. The molecule has 1 aromatic carbocycles. The summed E-state index contributed by atoms with van der Waals surface area (Å²) in [4.78, 5) is 0. The molecule has 1 N–H and O–H groups in total. The van der Waals surface area contributed by atoms with Crippen LogP contribution >= 0.6 is 11.6 Å². The predicted molar refractivity (Wildman–Crippen MR) is 72.0 cm³/mol. The van der Waals surface area contributed by atoms with Crippen molar-refractivity contribution < 1.29 is 4.39 Å². The minimum atomic E-state index is -0.176. The molecule has 96 valence electrons. The lowest BCUT2D eigenvalue weighted by atomic mass is 9.95. The summed E-state index contributed by atoms with van der Waals surface area (Å²) in [6.07, 6.45) is 1.96. The van der Waals surface area contributed by atoms with E-state index < -0.39 is 0 Å². The molecule has 1 unspecified atom stereocenters. The maximum absolute atomic E-state index is 13.0. The third-order valence-corrected chi connectivity index (χ3v) is 3.63. The van der Waals surface area contributed by atoms with E-state index in [-0.39, 0.29) is 11.4 Å². The standard InChI is InChI=1S/C14H21ClFN/c1-4-14(3,7-8-15)17-10-12-5-6-13(16)9-11(12)2/h5-6,9,17H,4,7-8,10H2,1-3H3. The van der Waals surface area contributed by atoms with Crippen LogP contribution in [0.5, 0.6) is 0 Å². The second-order valence-corrected chi connectivity index (χ2v) is 5.16. The first-order valence-corrected chi connectivity index (χ1v) is 6.60. The van der Waals surface area contributed by atoms with Gasteiger partial charge in [0.15, 0.2) is 0 Å². The van der Waals surface area contributed by atoms with E-state index in [0.29, 0.717) is 5.88 Å². The Bertz CT molecular complexity index is 367. The van der Waals surface area contributed by atoms with Crippen molar-refractivity contribution >= 4 is 11.6 Å². The highest BCUT2D eigenvalue weighted by molar-refractivity contribution is 6.17. The summed E-state index contributed by atoms with van der Waals surface area (Å²) in [5, 5.41) is 3.52. The average Bonchev–Trinajstić information content (AvgIpc) is 2.28. The molecule has 1 aromatic rings. The number of hydrogen-bond donors (Lipinski definition) is 1. The van der Waals surface area contributed by atoms with Crippen LogP contribution in [-0.2, 0) is 6.54 Å². The molecule has 3 heteroatoms. The van der Waals surface area contributed by atoms with Crippen molar-refractivity contribution in [2.45, 2.75) is 45.7 Å². The first-order valence-electron chi connectivity index (χ1n) is 6.07. The number of aryl methyl sites for hydroxylation is 1. The van der Waals surface area contributed by atoms with Crippen molar-refractivity contribution in [2.24, 2.45) is 0 Å². The van der Waals surface area contributed by atoms with E-state index in [2.05, 4.69) is 19.2 Å². The molecule has 0 heterocycles. The Hall–Kier alpha value is -0.600. The molecular weight excluding hydrogens is 237 g/mol. The number of hydrogen-bond acceptors (Lipinski definition) is 1. The summed E-state index contributed by atoms with van der Waals surface area (Å²) in [6, 6.07) is 4.92. The first kappa shape index (κ1) is 14.5. The smallest absolute Gasteiger partial charge is 0.123 e. The summed E-state index contributed by atoms with van der Waals surface area (Å²) in [7, 11) is 0. The van der Waals surface area contributed by atoms with E-state index in [9.17, 15) is 4.39 Å². The van der Waals surface area contributed by atoms with E-state index in [4.69, 9.17) is 11.6 Å². The highest BCUT2D eigenvalue weighted by atomic mass is 35.5. The van der Waals surface area contributed by atoms with Gasteiger partial charge in [-0.1, -0.05) is 13.0 Å². The molecule has 0 aliphatic rings. The SMILES string of the molecule is CCC(C)(CCCl)NCc1ccc(F)cc1C. The summed E-state index contributed by atoms with van der Waals surface area (Å²) in [5.74, 6) is 0.477. The van der Waals surface area contributed by atoms with Crippen molar-refractivity contribution in [3.63, 3.8) is 0 Å². The van der Waals surface area contributed by atoms with Gasteiger partial charge in [0.05, 0.1) is 0 Å². The van der Waals surface area contributed by atoms with Crippen LogP contribution in [0.4, 0.5) is 4.39 Å². The number of benzene rings is 1. The molecule has 1 nitrogen and oxygen atoms in total. The second-order valence-electron chi connectivity index (χ2n) is 4.78. The monoisotopic (exact) mass is 257 g/mol. The Kier molecular flexibility index (Phi) is 5.41. The highest BCUT2D eigenvalue weighted by Gasteiger charge is 2.20. The Morgan fingerprint density at radius 1 is 1.41 bits per heavy atom. The van der Waals surface area contributed by atoms with Crippen molar-refractivity contribution in [1.29, 1.82) is 0 Å². The van der Waals surface area contributed by atoms with Crippen LogP contribution in [0.2, 0.25) is 0 Å². The van der Waals surface area contributed by atoms with Crippen LogP contribution in [0.25, 0.3) is 0 Å². The Morgan fingerprint density at radius 3 is 2.65 bits per heavy atom. The second kappa shape index (κ2) is 6.36. The fourth-order valence-electron chi connectivity index (χ4n) is 1.76. The minimum absolute atomic E-state index is 0.0581. The zero-order valence-electron chi connectivity index (χ0n) is 10.8. The van der Waals surface area contributed by atoms with Gasteiger partial charge >= 0.3 is 0 Å². The van der Waals surface area contributed by atoms with Gasteiger partial charge in [0.2, 0.25) is 0 Å². The van der Waals surface area contributed by atoms with Crippen LogP contribution in [0.1, 0.15) is 37.8 Å². The number of alkyl halides is 1. The summed E-state index contributed by atoms with van der Waals surface area (Å²) in [5.41, 5.74) is 2.19. The first-order chi connectivity index (χ1) is 8.00. The molecule has 0 amide bonds. The van der Waals surface area contributed by atoms with Gasteiger partial charge in [-0.3, -0.25) is 0 Å². The molecule has 0 bridgehead atoms. The largest absolute Gasteiger partial charge is 0.307 e. The van der Waals surface area contributed by atoms with Gasteiger partial charge in [0.25, 0.3) is 0 Å². The van der Waals surface area contributed by atoms with E-state index in [1.165, 1.54) is 6.07 Å². The predicted octanol–water partition coefficient (Wildman–Crippen LogP) is 4.02. The van der Waals surface area contributed by atoms with Crippen LogP contribution < -0.4 is 5.32 Å². The quantitative estimate of drug-likeness (QED) is 0.759. The normalized spacial score (nSPS) is 14.6. The van der Waals surface area contributed by atoms with Crippen LogP contribution in [0.3, 0.4) is 0 Å². The molecule has 0 aliphatic carbocycles. The lowest BCUT2D eigenvalue weighted by molar-refractivity contribution is 0.331. The third-order valence-electron chi connectivity index (χ3n) is 3.44. The Labute approximate surface area is 108 Å². The molecule has 0 spiro atoms. The van der Waals surface area contributed by atoms with Gasteiger partial charge in [-0.2, -0.15) is 0 Å². The lowest BCUT2D eigenvalue weighted by Gasteiger charge is -2.29. The summed E-state index contributed by atoms with van der Waals surface area (Å²) < 4.78 is 13.0. The Balaban J connectivity index is 2.65. The zero-order valence-corrected chi connectivity index (χ0v) is 11.6. The number of nitrogens with one attached hydrogen (secondary N) is 1. The van der Waals surface area contributed by atoms with Crippen molar-refractivity contribution in [2.75, 3.05) is 5.88 Å². The van der Waals surface area contributed by atoms with Gasteiger partial charge in [-0.15, -0.1) is 11.6 Å². The van der Waals surface area contributed by atoms with E-state index in [1.807, 2.05) is 13.0 Å². The van der Waals surface area contributed by atoms with Gasteiger partial charge in [0, 0.05) is 18.0 Å². The van der Waals surface area contributed by atoms with Gasteiger partial charge in [0.1, 0.15) is 5.82 Å². The Morgan fingerprint density at radius 2 is 2.12 bits per heavy atom. The molecule has 0 aromatic heterocycles. The van der Waals surface area contributed by atoms with E-state index in [1.54, 1.807) is 6.07 Å². The summed E-state index contributed by atoms with van der Waals surface area (Å²) in [6.45, 7) is 7.02. The minimum Gasteiger partial charge on any atom is -0.307 e. The highest BCUT2D eigenvalue weighted by Crippen LogP contribution is 2.17. The molecular formula is C14H21ClFN. The van der Waals surface area contributed by atoms with Gasteiger partial charge in [-0.05, 0) is 49.9 Å². The topological polar surface area (TPSA) is 12.0 Å². The van der Waals surface area contributed by atoms with Crippen molar-refractivity contribution in [1.82, 2.24) is 5.32 Å². The molecule has 0 radical (unpaired) electrons. The molecule has 0 aliphatic heterocycles. The van der Waals surface area contributed by atoms with Crippen LogP contribution in [0, 0.1) is 12.7 Å². The van der Waals surface area contributed by atoms with Gasteiger partial charge < -0.3 is 5.32 Å². The van der Waals surface area contributed by atoms with E-state index in [0.717, 1.165) is 30.5 Å². The lowest BCUT2D eigenvalue weighted by Crippen LogP contribution is -2.41. The number of rotatable bonds is 6. The molecule has 1 atom stereocenters. The third kappa shape index (κ3) is 4.29. The molecule has 0 fully saturated rings. The fourth-order valence-corrected chi connectivity index (χ4v) is 2.18. The molecule has 1 rings (SSSR count). The maximum atomic E-state index is 13.0. The van der Waals surface area contributed by atoms with E-state index >= 15 is 0 Å². The van der Waals surface area contributed by atoms with Crippen LogP contribution in [-0.4, -0.2) is 11.4 Å². The van der Waals surface area contributed by atoms with Crippen molar-refractivity contribution in [3.05, 3.63) is 35.1 Å². The van der Waals surface area contributed by atoms with Gasteiger partial charge in [-0.25, -0.2) is 4.39 Å². The molecule has 17 heavy (non-hydrogen) atoms. The molecule has 0 saturated heterocycles. The van der Waals surface area contributed by atoms with Crippen LogP contribution in [0.15, 0.2) is 18.2 Å². The average molecular weight is 258 g/mol. The fraction of sp³-hybridized carbons (Fsp3) is 0.571. The summed E-state index contributed by atoms with van der Waals surface area (Å²) >= 11 is 5.81. The number of halogens is 2. The molecule has 0 saturated carbocycles.